The highest BCUT2D eigenvalue weighted by molar-refractivity contribution is 8.13. The van der Waals surface area contributed by atoms with Crippen LogP contribution < -0.4 is 10.6 Å². The molecule has 0 radical (unpaired) electrons. The summed E-state index contributed by atoms with van der Waals surface area (Å²) in [4.78, 5) is 37.7. The van der Waals surface area contributed by atoms with Crippen LogP contribution in [0.1, 0.15) is 23.2 Å². The van der Waals surface area contributed by atoms with Crippen molar-refractivity contribution in [2.75, 3.05) is 26.0 Å². The van der Waals surface area contributed by atoms with E-state index in [9.17, 15) is 23.2 Å². The van der Waals surface area contributed by atoms with Crippen molar-refractivity contribution in [1.29, 1.82) is 0 Å². The lowest BCUT2D eigenvalue weighted by atomic mass is 10.2. The molecule has 0 fully saturated rings. The highest BCUT2D eigenvalue weighted by Crippen LogP contribution is 2.22. The first kappa shape index (κ1) is 22.4. The van der Waals surface area contributed by atoms with Gasteiger partial charge in [-0.25, -0.2) is 8.78 Å². The minimum absolute atomic E-state index is 0.0932. The molecule has 0 unspecified atom stereocenters. The van der Waals surface area contributed by atoms with Gasteiger partial charge >= 0.3 is 0 Å². The molecule has 154 valence electrons. The zero-order valence-electron chi connectivity index (χ0n) is 16.0. The van der Waals surface area contributed by atoms with Crippen LogP contribution in [0.2, 0.25) is 0 Å². The number of nitrogens with one attached hydrogen (secondary N) is 2. The lowest BCUT2D eigenvalue weighted by molar-refractivity contribution is -0.116. The van der Waals surface area contributed by atoms with Crippen LogP contribution in [-0.2, 0) is 4.79 Å². The number of amides is 3. The van der Waals surface area contributed by atoms with Crippen molar-refractivity contribution in [3.05, 3.63) is 59.7 Å². The molecule has 0 aliphatic heterocycles. The maximum atomic E-state index is 13.5. The van der Waals surface area contributed by atoms with Gasteiger partial charge in [0.1, 0.15) is 11.6 Å². The number of carbonyl (C=O) groups is 3. The number of benzene rings is 2. The lowest BCUT2D eigenvalue weighted by Gasteiger charge is -2.10. The van der Waals surface area contributed by atoms with Gasteiger partial charge in [0.05, 0.1) is 5.56 Å². The standard InChI is InChI=1S/C20H21F2N3O3S/c1-25(2)20(28)29-15-8-6-14(7-9-15)24-18(26)4-3-11-23-19(27)16-10-5-13(21)12-17(16)22/h5-10,12H,3-4,11H2,1-2H3,(H,23,27)(H,24,26). The summed E-state index contributed by atoms with van der Waals surface area (Å²) in [5.74, 6) is -2.60. The van der Waals surface area contributed by atoms with E-state index < -0.39 is 17.5 Å². The summed E-state index contributed by atoms with van der Waals surface area (Å²) >= 11 is 1.09. The van der Waals surface area contributed by atoms with Crippen molar-refractivity contribution in [1.82, 2.24) is 10.2 Å². The highest BCUT2D eigenvalue weighted by atomic mass is 32.2. The Hall–Kier alpha value is -2.94. The van der Waals surface area contributed by atoms with Crippen molar-refractivity contribution in [2.45, 2.75) is 17.7 Å². The molecule has 0 spiro atoms. The molecule has 0 saturated heterocycles. The Balaban J connectivity index is 1.73. The van der Waals surface area contributed by atoms with Crippen molar-refractivity contribution in [3.63, 3.8) is 0 Å². The molecule has 3 amide bonds. The fraction of sp³-hybridized carbons (Fsp3) is 0.250. The maximum absolute atomic E-state index is 13.5. The van der Waals surface area contributed by atoms with Crippen LogP contribution in [0.4, 0.5) is 19.3 Å². The van der Waals surface area contributed by atoms with E-state index in [1.807, 2.05) is 0 Å². The number of rotatable bonds is 7. The summed E-state index contributed by atoms with van der Waals surface area (Å²) in [6.45, 7) is 0.172. The van der Waals surface area contributed by atoms with Crippen molar-refractivity contribution in [2.24, 2.45) is 0 Å². The van der Waals surface area contributed by atoms with E-state index >= 15 is 0 Å². The largest absolute Gasteiger partial charge is 0.352 e. The molecule has 0 atom stereocenters. The SMILES string of the molecule is CN(C)C(=O)Sc1ccc(NC(=O)CCCNC(=O)c2ccc(F)cc2F)cc1. The van der Waals surface area contributed by atoms with E-state index in [1.54, 1.807) is 38.4 Å². The normalized spacial score (nSPS) is 10.3. The van der Waals surface area contributed by atoms with Gasteiger partial charge < -0.3 is 15.5 Å². The first-order valence-electron chi connectivity index (χ1n) is 8.78. The molecule has 0 bridgehead atoms. The van der Waals surface area contributed by atoms with Crippen LogP contribution in [0.3, 0.4) is 0 Å². The molecule has 0 heterocycles. The van der Waals surface area contributed by atoms with Gasteiger partial charge in [0, 0.05) is 43.7 Å². The first-order chi connectivity index (χ1) is 13.8. The summed E-state index contributed by atoms with van der Waals surface area (Å²) < 4.78 is 26.4. The molecule has 0 aliphatic carbocycles. The summed E-state index contributed by atoms with van der Waals surface area (Å²) in [5.41, 5.74) is 0.343. The summed E-state index contributed by atoms with van der Waals surface area (Å²) in [5, 5.41) is 5.12. The highest BCUT2D eigenvalue weighted by Gasteiger charge is 2.12. The van der Waals surface area contributed by atoms with E-state index in [1.165, 1.54) is 4.90 Å². The fourth-order valence-electron chi connectivity index (χ4n) is 2.24. The van der Waals surface area contributed by atoms with E-state index in [0.717, 1.165) is 28.8 Å². The molecular weight excluding hydrogens is 400 g/mol. The van der Waals surface area contributed by atoms with Crippen LogP contribution in [0, 0.1) is 11.6 Å². The molecule has 2 aromatic rings. The van der Waals surface area contributed by atoms with Crippen LogP contribution in [0.5, 0.6) is 0 Å². The Bertz CT molecular complexity index is 889. The molecule has 0 aliphatic rings. The average Bonchev–Trinajstić information content (AvgIpc) is 2.66. The minimum Gasteiger partial charge on any atom is -0.352 e. The van der Waals surface area contributed by atoms with Crippen LogP contribution >= 0.6 is 11.8 Å². The maximum Gasteiger partial charge on any atom is 0.285 e. The Morgan fingerprint density at radius 3 is 2.34 bits per heavy atom. The summed E-state index contributed by atoms with van der Waals surface area (Å²) in [6, 6.07) is 9.58. The molecule has 2 N–H and O–H groups in total. The van der Waals surface area contributed by atoms with E-state index in [2.05, 4.69) is 10.6 Å². The van der Waals surface area contributed by atoms with Gasteiger partial charge in [-0.3, -0.25) is 14.4 Å². The molecular formula is C20H21F2N3O3S. The fourth-order valence-corrected chi connectivity index (χ4v) is 2.90. The average molecular weight is 421 g/mol. The van der Waals surface area contributed by atoms with Crippen molar-refractivity contribution >= 4 is 34.5 Å². The number of anilines is 1. The van der Waals surface area contributed by atoms with Gasteiger partial charge in [-0.15, -0.1) is 0 Å². The molecule has 2 aromatic carbocycles. The van der Waals surface area contributed by atoms with Gasteiger partial charge in [-0.05, 0) is 54.6 Å². The third kappa shape index (κ3) is 7.19. The van der Waals surface area contributed by atoms with Crippen LogP contribution in [-0.4, -0.2) is 42.6 Å². The Labute approximate surface area is 171 Å². The van der Waals surface area contributed by atoms with Gasteiger partial charge in [0.25, 0.3) is 11.1 Å². The van der Waals surface area contributed by atoms with Gasteiger partial charge in [0.15, 0.2) is 0 Å². The molecule has 0 saturated carbocycles. The van der Waals surface area contributed by atoms with Crippen LogP contribution in [0.25, 0.3) is 0 Å². The smallest absolute Gasteiger partial charge is 0.285 e. The van der Waals surface area contributed by atoms with Crippen LogP contribution in [0.15, 0.2) is 47.4 Å². The predicted molar refractivity (Wildman–Crippen MR) is 108 cm³/mol. The Kier molecular flexibility index (Phi) is 8.14. The zero-order chi connectivity index (χ0) is 21.4. The number of carbonyl (C=O) groups excluding carboxylic acids is 3. The summed E-state index contributed by atoms with van der Waals surface area (Å²) in [7, 11) is 3.34. The Morgan fingerprint density at radius 1 is 1.03 bits per heavy atom. The first-order valence-corrected chi connectivity index (χ1v) is 9.60. The number of halogens is 2. The molecule has 6 nitrogen and oxygen atoms in total. The quantitative estimate of drug-likeness (QED) is 0.525. The minimum atomic E-state index is -0.936. The zero-order valence-corrected chi connectivity index (χ0v) is 16.8. The monoisotopic (exact) mass is 421 g/mol. The third-order valence-electron chi connectivity index (χ3n) is 3.75. The van der Waals surface area contributed by atoms with Crippen molar-refractivity contribution < 1.29 is 23.2 Å². The summed E-state index contributed by atoms with van der Waals surface area (Å²) in [6.07, 6.45) is 0.507. The van der Waals surface area contributed by atoms with E-state index in [4.69, 9.17) is 0 Å². The topological polar surface area (TPSA) is 78.5 Å². The third-order valence-corrected chi connectivity index (χ3v) is 4.80. The molecule has 29 heavy (non-hydrogen) atoms. The molecule has 9 heteroatoms. The second kappa shape index (κ2) is 10.6. The van der Waals surface area contributed by atoms with E-state index in [-0.39, 0.29) is 29.7 Å². The predicted octanol–water partition coefficient (Wildman–Crippen LogP) is 3.89. The number of hydrogen-bond acceptors (Lipinski definition) is 4. The number of hydrogen-bond donors (Lipinski definition) is 2. The lowest BCUT2D eigenvalue weighted by Crippen LogP contribution is -2.26. The number of nitrogens with zero attached hydrogens (tertiary/aromatic N) is 1. The number of thioether (sulfide) groups is 1. The van der Waals surface area contributed by atoms with Gasteiger partial charge in [-0.2, -0.15) is 0 Å². The second-order valence-electron chi connectivity index (χ2n) is 6.32. The molecule has 0 aromatic heterocycles. The second-order valence-corrected chi connectivity index (χ2v) is 7.34. The van der Waals surface area contributed by atoms with Gasteiger partial charge in [-0.1, -0.05) is 0 Å². The van der Waals surface area contributed by atoms with Crippen molar-refractivity contribution in [3.8, 4) is 0 Å². The molecule has 2 rings (SSSR count). The Morgan fingerprint density at radius 2 is 1.72 bits per heavy atom. The van der Waals surface area contributed by atoms with Gasteiger partial charge in [0.2, 0.25) is 5.91 Å². The van der Waals surface area contributed by atoms with E-state index in [0.29, 0.717) is 18.2 Å².